The molecule has 0 amide bonds. The number of hydrogen-bond donors (Lipinski definition) is 0. The zero-order valence-electron chi connectivity index (χ0n) is 12.0. The van der Waals surface area contributed by atoms with Crippen molar-refractivity contribution >= 4 is 6.29 Å². The van der Waals surface area contributed by atoms with Crippen LogP contribution in [0.25, 0.3) is 0 Å². The van der Waals surface area contributed by atoms with Crippen LogP contribution in [0.15, 0.2) is 23.3 Å². The number of aldehydes is 1. The number of rotatable bonds is 9. The highest BCUT2D eigenvalue weighted by atomic mass is 16.1. The molecule has 0 aliphatic heterocycles. The van der Waals surface area contributed by atoms with Crippen molar-refractivity contribution in [1.82, 2.24) is 0 Å². The van der Waals surface area contributed by atoms with Gasteiger partial charge in [0.05, 0.1) is 0 Å². The first-order valence-corrected chi connectivity index (χ1v) is 6.85. The summed E-state index contributed by atoms with van der Waals surface area (Å²) in [6, 6.07) is 0. The molecule has 1 heteroatoms. The molecule has 0 N–H and O–H groups in total. The Balaban J connectivity index is 3.92. The van der Waals surface area contributed by atoms with Gasteiger partial charge in [0.25, 0.3) is 0 Å². The molecule has 0 rings (SSSR count). The lowest BCUT2D eigenvalue weighted by Gasteiger charge is -2.07. The van der Waals surface area contributed by atoms with Gasteiger partial charge in [0.1, 0.15) is 6.29 Å². The SMILES string of the molecule is CCC(=CCC[C@H](C)CC=O)CCC=C(C)C. The lowest BCUT2D eigenvalue weighted by Crippen LogP contribution is -1.94. The maximum atomic E-state index is 10.4. The summed E-state index contributed by atoms with van der Waals surface area (Å²) in [7, 11) is 0. The summed E-state index contributed by atoms with van der Waals surface area (Å²) >= 11 is 0. The van der Waals surface area contributed by atoms with Gasteiger partial charge < -0.3 is 4.79 Å². The maximum absolute atomic E-state index is 10.4. The molecule has 0 saturated carbocycles. The van der Waals surface area contributed by atoms with Crippen LogP contribution in [0.4, 0.5) is 0 Å². The van der Waals surface area contributed by atoms with Crippen LogP contribution in [0.5, 0.6) is 0 Å². The Bertz CT molecular complexity index is 257. The third kappa shape index (κ3) is 10.0. The second-order valence-corrected chi connectivity index (χ2v) is 5.12. The van der Waals surface area contributed by atoms with Crippen LogP contribution in [0.3, 0.4) is 0 Å². The minimum atomic E-state index is 0.527. The average Bonchev–Trinajstić information content (AvgIpc) is 2.27. The Morgan fingerprint density at radius 2 is 1.88 bits per heavy atom. The summed E-state index contributed by atoms with van der Waals surface area (Å²) in [5.41, 5.74) is 2.96. The van der Waals surface area contributed by atoms with Gasteiger partial charge in [-0.1, -0.05) is 37.1 Å². The molecular weight excluding hydrogens is 208 g/mol. The highest BCUT2D eigenvalue weighted by Gasteiger charge is 2.00. The van der Waals surface area contributed by atoms with Gasteiger partial charge in [0, 0.05) is 6.42 Å². The standard InChI is InChI=1S/C16H28O/c1-5-16(10-6-8-14(2)3)11-7-9-15(4)12-13-17/h8,11,13,15H,5-7,9-10,12H2,1-4H3/t15-/m0/s1. The van der Waals surface area contributed by atoms with Gasteiger partial charge in [-0.15, -0.1) is 0 Å². The fourth-order valence-electron chi connectivity index (χ4n) is 1.82. The van der Waals surface area contributed by atoms with Crippen LogP contribution in [0, 0.1) is 5.92 Å². The molecule has 1 nitrogen and oxygen atoms in total. The van der Waals surface area contributed by atoms with Crippen molar-refractivity contribution < 1.29 is 4.79 Å². The molecule has 0 aliphatic rings. The first-order valence-electron chi connectivity index (χ1n) is 6.85. The van der Waals surface area contributed by atoms with Gasteiger partial charge in [-0.05, 0) is 51.9 Å². The van der Waals surface area contributed by atoms with Crippen LogP contribution in [-0.4, -0.2) is 6.29 Å². The first-order chi connectivity index (χ1) is 8.10. The summed E-state index contributed by atoms with van der Waals surface area (Å²) in [6.07, 6.45) is 12.2. The predicted octanol–water partition coefficient (Wildman–Crippen LogP) is 5.07. The zero-order valence-corrected chi connectivity index (χ0v) is 12.0. The summed E-state index contributed by atoms with van der Waals surface area (Å²) in [4.78, 5) is 10.4. The van der Waals surface area contributed by atoms with E-state index < -0.39 is 0 Å². The van der Waals surface area contributed by atoms with Crippen molar-refractivity contribution in [2.45, 2.75) is 66.2 Å². The molecule has 0 spiro atoms. The molecular formula is C16H28O. The summed E-state index contributed by atoms with van der Waals surface area (Å²) in [6.45, 7) is 8.67. The van der Waals surface area contributed by atoms with E-state index in [9.17, 15) is 4.79 Å². The van der Waals surface area contributed by atoms with Crippen molar-refractivity contribution in [2.24, 2.45) is 5.92 Å². The van der Waals surface area contributed by atoms with E-state index >= 15 is 0 Å². The van der Waals surface area contributed by atoms with E-state index in [2.05, 4.69) is 39.8 Å². The summed E-state index contributed by atoms with van der Waals surface area (Å²) in [5, 5.41) is 0. The normalized spacial score (nSPS) is 13.3. The third-order valence-electron chi connectivity index (χ3n) is 3.06. The molecule has 0 radical (unpaired) electrons. The van der Waals surface area contributed by atoms with Gasteiger partial charge in [0.15, 0.2) is 0 Å². The van der Waals surface area contributed by atoms with Crippen LogP contribution < -0.4 is 0 Å². The Hall–Kier alpha value is -0.850. The largest absolute Gasteiger partial charge is 0.303 e. The lowest BCUT2D eigenvalue weighted by molar-refractivity contribution is -0.108. The van der Waals surface area contributed by atoms with Crippen molar-refractivity contribution in [1.29, 1.82) is 0 Å². The number of carbonyl (C=O) groups is 1. The fraction of sp³-hybridized carbons (Fsp3) is 0.688. The molecule has 98 valence electrons. The zero-order chi connectivity index (χ0) is 13.1. The average molecular weight is 236 g/mol. The van der Waals surface area contributed by atoms with E-state index in [1.54, 1.807) is 5.57 Å². The minimum Gasteiger partial charge on any atom is -0.303 e. The predicted molar refractivity (Wildman–Crippen MR) is 76.1 cm³/mol. The molecule has 0 fully saturated rings. The summed E-state index contributed by atoms with van der Waals surface area (Å²) < 4.78 is 0. The first kappa shape index (κ1) is 16.1. The molecule has 0 heterocycles. The van der Waals surface area contributed by atoms with E-state index in [1.165, 1.54) is 12.0 Å². The molecule has 0 unspecified atom stereocenters. The van der Waals surface area contributed by atoms with Crippen molar-refractivity contribution in [3.05, 3.63) is 23.3 Å². The van der Waals surface area contributed by atoms with E-state index in [0.29, 0.717) is 12.3 Å². The lowest BCUT2D eigenvalue weighted by atomic mass is 9.99. The van der Waals surface area contributed by atoms with Gasteiger partial charge in [-0.3, -0.25) is 0 Å². The van der Waals surface area contributed by atoms with E-state index in [-0.39, 0.29) is 0 Å². The van der Waals surface area contributed by atoms with E-state index in [1.807, 2.05) is 0 Å². The Kier molecular flexibility index (Phi) is 9.80. The molecule has 0 bridgehead atoms. The Labute approximate surface area is 107 Å². The van der Waals surface area contributed by atoms with Gasteiger partial charge >= 0.3 is 0 Å². The van der Waals surface area contributed by atoms with Gasteiger partial charge in [-0.2, -0.15) is 0 Å². The van der Waals surface area contributed by atoms with Crippen LogP contribution in [0.2, 0.25) is 0 Å². The number of allylic oxidation sites excluding steroid dienone is 4. The van der Waals surface area contributed by atoms with Crippen LogP contribution in [-0.2, 0) is 4.79 Å². The second kappa shape index (κ2) is 10.3. The topological polar surface area (TPSA) is 17.1 Å². The molecule has 0 saturated heterocycles. The molecule has 0 aromatic heterocycles. The minimum absolute atomic E-state index is 0.527. The highest BCUT2D eigenvalue weighted by Crippen LogP contribution is 2.15. The quantitative estimate of drug-likeness (QED) is 0.403. The summed E-state index contributed by atoms with van der Waals surface area (Å²) in [5.74, 6) is 0.527. The van der Waals surface area contributed by atoms with E-state index in [4.69, 9.17) is 0 Å². The second-order valence-electron chi connectivity index (χ2n) is 5.12. The van der Waals surface area contributed by atoms with Crippen LogP contribution >= 0.6 is 0 Å². The maximum Gasteiger partial charge on any atom is 0.120 e. The molecule has 1 atom stereocenters. The van der Waals surface area contributed by atoms with E-state index in [0.717, 1.165) is 32.0 Å². The Morgan fingerprint density at radius 3 is 2.41 bits per heavy atom. The van der Waals surface area contributed by atoms with Crippen molar-refractivity contribution in [3.8, 4) is 0 Å². The molecule has 0 aromatic carbocycles. The van der Waals surface area contributed by atoms with Crippen molar-refractivity contribution in [2.75, 3.05) is 0 Å². The highest BCUT2D eigenvalue weighted by molar-refractivity contribution is 5.49. The molecule has 0 aliphatic carbocycles. The van der Waals surface area contributed by atoms with Crippen LogP contribution in [0.1, 0.15) is 66.2 Å². The Morgan fingerprint density at radius 1 is 1.18 bits per heavy atom. The van der Waals surface area contributed by atoms with Gasteiger partial charge in [-0.25, -0.2) is 0 Å². The smallest absolute Gasteiger partial charge is 0.120 e. The van der Waals surface area contributed by atoms with Gasteiger partial charge in [0.2, 0.25) is 0 Å². The number of carbonyl (C=O) groups excluding carboxylic acids is 1. The fourth-order valence-corrected chi connectivity index (χ4v) is 1.82. The number of hydrogen-bond acceptors (Lipinski definition) is 1. The monoisotopic (exact) mass is 236 g/mol. The molecule has 0 aromatic rings. The molecule has 17 heavy (non-hydrogen) atoms. The van der Waals surface area contributed by atoms with Crippen molar-refractivity contribution in [3.63, 3.8) is 0 Å². The third-order valence-corrected chi connectivity index (χ3v) is 3.06.